The summed E-state index contributed by atoms with van der Waals surface area (Å²) in [5.41, 5.74) is 3.24. The number of nitrogens with one attached hydrogen (secondary N) is 2. The molecule has 0 aliphatic carbocycles. The third-order valence-corrected chi connectivity index (χ3v) is 10.1. The van der Waals surface area contributed by atoms with Crippen molar-refractivity contribution in [2.24, 2.45) is 0 Å². The van der Waals surface area contributed by atoms with Crippen molar-refractivity contribution < 1.29 is 33.7 Å². The molecule has 1 fully saturated rings. The fraction of sp³-hybridized carbons (Fsp3) is 0.216. The average Bonchev–Trinajstić information content (AvgIpc) is 3.62. The molecule has 0 saturated carbocycles. The molecule has 1 aromatic heterocycles. The number of nitrogens with zero attached hydrogens (tertiary/aromatic N) is 1. The van der Waals surface area contributed by atoms with Gasteiger partial charge in [-0.15, -0.1) is 11.3 Å². The van der Waals surface area contributed by atoms with Gasteiger partial charge in [0.15, 0.2) is 5.75 Å². The van der Waals surface area contributed by atoms with Gasteiger partial charge >= 0.3 is 0 Å². The number of phenolic OH excluding ortho intramolecular Hbond substituents is 1. The van der Waals surface area contributed by atoms with Crippen LogP contribution in [0.5, 0.6) is 23.0 Å². The number of halogens is 1. The Kier molecular flexibility index (Phi) is 9.52. The van der Waals surface area contributed by atoms with E-state index in [0.717, 1.165) is 42.0 Å². The molecule has 3 N–H and O–H groups in total. The SMILES string of the molecule is O=C1CCC(N2Cc3c(NCCOCCOc4ccc(Oc5c(-c6ccc(Br)cc6)sc6cc(O)ccc56)cc4)cccc3C2=O)C(=O)N1. The Bertz CT molecular complexity index is 2030. The number of hydrogen-bond donors (Lipinski definition) is 3. The van der Waals surface area contributed by atoms with Crippen molar-refractivity contribution in [1.82, 2.24) is 10.2 Å². The van der Waals surface area contributed by atoms with E-state index in [2.05, 4.69) is 26.6 Å². The van der Waals surface area contributed by atoms with Crippen LogP contribution in [-0.2, 0) is 20.9 Å². The molecular weight excluding hydrogens is 710 g/mol. The molecule has 0 spiro atoms. The Morgan fingerprint density at radius 1 is 0.939 bits per heavy atom. The van der Waals surface area contributed by atoms with E-state index in [0.29, 0.717) is 56.4 Å². The van der Waals surface area contributed by atoms with E-state index in [1.54, 1.807) is 34.4 Å². The van der Waals surface area contributed by atoms with E-state index in [9.17, 15) is 19.5 Å². The molecule has 49 heavy (non-hydrogen) atoms. The summed E-state index contributed by atoms with van der Waals surface area (Å²) in [7, 11) is 0. The maximum absolute atomic E-state index is 13.0. The summed E-state index contributed by atoms with van der Waals surface area (Å²) in [6.45, 7) is 2.01. The Morgan fingerprint density at radius 2 is 1.73 bits per heavy atom. The van der Waals surface area contributed by atoms with Crippen LogP contribution in [0.2, 0.25) is 0 Å². The van der Waals surface area contributed by atoms with Crippen molar-refractivity contribution in [3.63, 3.8) is 0 Å². The molecule has 0 radical (unpaired) electrons. The number of carbonyl (C=O) groups is 3. The van der Waals surface area contributed by atoms with E-state index < -0.39 is 11.9 Å². The topological polar surface area (TPSA) is 126 Å². The van der Waals surface area contributed by atoms with Crippen molar-refractivity contribution >= 4 is 60.8 Å². The number of rotatable bonds is 12. The first kappa shape index (κ1) is 32.6. The lowest BCUT2D eigenvalue weighted by atomic mass is 10.0. The molecular formula is C37H32BrN3O7S. The second-order valence-corrected chi connectivity index (χ2v) is 13.6. The second kappa shape index (κ2) is 14.3. The quantitative estimate of drug-likeness (QED) is 0.0914. The highest BCUT2D eigenvalue weighted by Gasteiger charge is 2.39. The highest BCUT2D eigenvalue weighted by atomic mass is 79.9. The number of ether oxygens (including phenoxy) is 3. The van der Waals surface area contributed by atoms with Crippen LogP contribution in [0, 0.1) is 0 Å². The predicted molar refractivity (Wildman–Crippen MR) is 190 cm³/mol. The lowest BCUT2D eigenvalue weighted by molar-refractivity contribution is -0.136. The second-order valence-electron chi connectivity index (χ2n) is 11.6. The Labute approximate surface area is 294 Å². The van der Waals surface area contributed by atoms with Crippen molar-refractivity contribution in [2.45, 2.75) is 25.4 Å². The molecule has 7 rings (SSSR count). The number of fused-ring (bicyclic) bond motifs is 2. The molecule has 4 aromatic carbocycles. The van der Waals surface area contributed by atoms with Crippen LogP contribution in [0.15, 0.2) is 89.4 Å². The number of thiophene rings is 1. The first-order valence-electron chi connectivity index (χ1n) is 15.8. The highest BCUT2D eigenvalue weighted by molar-refractivity contribution is 9.10. The minimum Gasteiger partial charge on any atom is -0.508 e. The lowest BCUT2D eigenvalue weighted by Gasteiger charge is -2.29. The third kappa shape index (κ3) is 7.12. The molecule has 1 atom stereocenters. The largest absolute Gasteiger partial charge is 0.508 e. The predicted octanol–water partition coefficient (Wildman–Crippen LogP) is 7.10. The minimum absolute atomic E-state index is 0.201. The average molecular weight is 743 g/mol. The molecule has 0 bridgehead atoms. The van der Waals surface area contributed by atoms with E-state index in [-0.39, 0.29) is 24.0 Å². The first-order chi connectivity index (χ1) is 23.8. The van der Waals surface area contributed by atoms with Gasteiger partial charge in [-0.1, -0.05) is 34.1 Å². The zero-order chi connectivity index (χ0) is 33.9. The van der Waals surface area contributed by atoms with Crippen LogP contribution in [0.4, 0.5) is 5.69 Å². The Hall–Kier alpha value is -4.91. The van der Waals surface area contributed by atoms with Gasteiger partial charge in [-0.05, 0) is 78.7 Å². The zero-order valence-corrected chi connectivity index (χ0v) is 28.6. The summed E-state index contributed by atoms with van der Waals surface area (Å²) < 4.78 is 20.0. The maximum atomic E-state index is 13.0. The first-order valence-corrected chi connectivity index (χ1v) is 17.5. The smallest absolute Gasteiger partial charge is 0.255 e. The zero-order valence-electron chi connectivity index (χ0n) is 26.2. The summed E-state index contributed by atoms with van der Waals surface area (Å²) in [5, 5.41) is 16.6. The molecule has 12 heteroatoms. The minimum atomic E-state index is -0.648. The van der Waals surface area contributed by atoms with Gasteiger partial charge in [-0.2, -0.15) is 0 Å². The van der Waals surface area contributed by atoms with E-state index >= 15 is 0 Å². The van der Waals surface area contributed by atoms with Gasteiger partial charge in [0.25, 0.3) is 5.91 Å². The maximum Gasteiger partial charge on any atom is 0.255 e. The van der Waals surface area contributed by atoms with Crippen molar-refractivity contribution in [3.05, 3.63) is 101 Å². The molecule has 3 amide bonds. The van der Waals surface area contributed by atoms with Gasteiger partial charge in [0, 0.05) is 50.9 Å². The number of benzene rings is 4. The molecule has 250 valence electrons. The molecule has 1 unspecified atom stereocenters. The number of aromatic hydroxyl groups is 1. The summed E-state index contributed by atoms with van der Waals surface area (Å²) in [6, 6.07) is 25.6. The van der Waals surface area contributed by atoms with E-state index in [1.807, 2.05) is 66.7 Å². The van der Waals surface area contributed by atoms with Crippen LogP contribution < -0.4 is 20.1 Å². The standard InChI is InChI=1S/C37H32BrN3O7S/c38-23-6-4-22(5-7-23)35-34(28-13-8-24(42)20-32(28)49-35)48-26-11-9-25(10-12-26)47-19-18-46-17-16-39-30-3-1-2-27-29(30)21-41(37(27)45)31-14-15-33(43)40-36(31)44/h1-13,20,31,39,42H,14-19,21H2,(H,40,43,44). The summed E-state index contributed by atoms with van der Waals surface area (Å²) >= 11 is 5.06. The molecule has 10 nitrogen and oxygen atoms in total. The number of phenols is 1. The summed E-state index contributed by atoms with van der Waals surface area (Å²) in [6.07, 6.45) is 0.548. The van der Waals surface area contributed by atoms with Crippen molar-refractivity contribution in [3.8, 4) is 33.4 Å². The van der Waals surface area contributed by atoms with Gasteiger partial charge in [0.05, 0.1) is 18.1 Å². The fourth-order valence-corrected chi connectivity index (χ4v) is 7.44. The van der Waals surface area contributed by atoms with Gasteiger partial charge in [0.1, 0.15) is 29.9 Å². The third-order valence-electron chi connectivity index (χ3n) is 8.42. The number of carbonyl (C=O) groups excluding carboxylic acids is 3. The normalized spacial score (nSPS) is 15.7. The number of piperidine rings is 1. The van der Waals surface area contributed by atoms with Crippen molar-refractivity contribution in [1.29, 1.82) is 0 Å². The van der Waals surface area contributed by atoms with Gasteiger partial charge in [-0.25, -0.2) is 0 Å². The summed E-state index contributed by atoms with van der Waals surface area (Å²) in [5.74, 6) is 1.36. The molecule has 3 heterocycles. The fourth-order valence-electron chi connectivity index (χ4n) is 6.01. The number of anilines is 1. The molecule has 2 aliphatic rings. The van der Waals surface area contributed by atoms with Crippen LogP contribution in [0.25, 0.3) is 20.5 Å². The number of hydrogen-bond acceptors (Lipinski definition) is 9. The number of imide groups is 1. The Balaban J connectivity index is 0.886. The van der Waals surface area contributed by atoms with Gasteiger partial charge < -0.3 is 29.5 Å². The molecule has 1 saturated heterocycles. The van der Waals surface area contributed by atoms with Crippen LogP contribution in [-0.4, -0.2) is 60.1 Å². The Morgan fingerprint density at radius 3 is 2.53 bits per heavy atom. The lowest BCUT2D eigenvalue weighted by Crippen LogP contribution is -2.52. The monoisotopic (exact) mass is 741 g/mol. The number of amides is 3. The van der Waals surface area contributed by atoms with Gasteiger partial charge in [0.2, 0.25) is 11.8 Å². The van der Waals surface area contributed by atoms with Gasteiger partial charge in [-0.3, -0.25) is 19.7 Å². The summed E-state index contributed by atoms with van der Waals surface area (Å²) in [4.78, 5) is 39.5. The molecule has 2 aliphatic heterocycles. The van der Waals surface area contributed by atoms with Crippen LogP contribution >= 0.6 is 27.3 Å². The van der Waals surface area contributed by atoms with E-state index in [1.165, 1.54) is 0 Å². The van der Waals surface area contributed by atoms with E-state index in [4.69, 9.17) is 14.2 Å². The van der Waals surface area contributed by atoms with Crippen molar-refractivity contribution in [2.75, 3.05) is 31.7 Å². The van der Waals surface area contributed by atoms with Crippen LogP contribution in [0.1, 0.15) is 28.8 Å². The van der Waals surface area contributed by atoms with Crippen LogP contribution in [0.3, 0.4) is 0 Å². The highest BCUT2D eigenvalue weighted by Crippen LogP contribution is 2.47. The molecule has 5 aromatic rings.